The first-order valence-corrected chi connectivity index (χ1v) is 8.12. The topological polar surface area (TPSA) is 50.4 Å². The molecule has 0 heterocycles. The molecule has 0 radical (unpaired) electrons. The molecule has 0 spiro atoms. The van der Waals surface area contributed by atoms with Gasteiger partial charge in [0.1, 0.15) is 5.60 Å². The zero-order valence-corrected chi connectivity index (χ0v) is 14.5. The Balaban J connectivity index is 2.21. The zero-order valence-electron chi connectivity index (χ0n) is 14.5. The molecule has 2 N–H and O–H groups in total. The number of benzene rings is 1. The largest absolute Gasteiger partial charge is 0.444 e. The van der Waals surface area contributed by atoms with E-state index in [-0.39, 0.29) is 6.09 Å². The summed E-state index contributed by atoms with van der Waals surface area (Å²) in [5, 5.41) is 6.11. The monoisotopic (exact) mass is 306 g/mol. The van der Waals surface area contributed by atoms with Gasteiger partial charge in [-0.05, 0) is 57.2 Å². The summed E-state index contributed by atoms with van der Waals surface area (Å²) in [5.41, 5.74) is 2.05. The molecule has 1 unspecified atom stereocenters. The molecule has 0 aliphatic heterocycles. The lowest BCUT2D eigenvalue weighted by Gasteiger charge is -2.19. The van der Waals surface area contributed by atoms with Gasteiger partial charge in [-0.1, -0.05) is 26.0 Å². The van der Waals surface area contributed by atoms with Crippen LogP contribution in [0.4, 0.5) is 10.5 Å². The minimum absolute atomic E-state index is 0.356. The molecule has 1 rings (SSSR count). The molecule has 4 heteroatoms. The number of amides is 1. The highest BCUT2D eigenvalue weighted by Gasteiger charge is 2.15. The molecule has 1 aromatic rings. The number of carbonyl (C=O) groups excluding carboxylic acids is 1. The third kappa shape index (κ3) is 7.34. The minimum Gasteiger partial charge on any atom is -0.444 e. The van der Waals surface area contributed by atoms with Crippen molar-refractivity contribution in [1.82, 2.24) is 5.32 Å². The van der Waals surface area contributed by atoms with Gasteiger partial charge in [0.25, 0.3) is 0 Å². The maximum absolute atomic E-state index is 11.5. The van der Waals surface area contributed by atoms with E-state index in [1.54, 1.807) is 0 Å². The first-order valence-electron chi connectivity index (χ1n) is 8.12. The fourth-order valence-corrected chi connectivity index (χ4v) is 1.99. The Morgan fingerprint density at radius 1 is 1.18 bits per heavy atom. The summed E-state index contributed by atoms with van der Waals surface area (Å²) in [6.45, 7) is 11.4. The lowest BCUT2D eigenvalue weighted by molar-refractivity contribution is 0.0528. The van der Waals surface area contributed by atoms with Gasteiger partial charge in [0.2, 0.25) is 0 Å². The van der Waals surface area contributed by atoms with Gasteiger partial charge in [-0.3, -0.25) is 0 Å². The summed E-state index contributed by atoms with van der Waals surface area (Å²) in [5.74, 6) is 0.604. The third-order valence-electron chi connectivity index (χ3n) is 3.44. The molecule has 124 valence electrons. The van der Waals surface area contributed by atoms with Gasteiger partial charge in [-0.25, -0.2) is 4.79 Å². The molecule has 22 heavy (non-hydrogen) atoms. The quantitative estimate of drug-likeness (QED) is 0.728. The molecule has 0 saturated heterocycles. The Bertz CT molecular complexity index is 449. The molecular formula is C18H30N2O2. The fraction of sp³-hybridized carbons (Fsp3) is 0.611. The van der Waals surface area contributed by atoms with Crippen molar-refractivity contribution in [3.05, 3.63) is 29.8 Å². The predicted octanol–water partition coefficient (Wildman–Crippen LogP) is 4.53. The number of hydrogen-bond donors (Lipinski definition) is 2. The van der Waals surface area contributed by atoms with Crippen LogP contribution in [0.2, 0.25) is 0 Å². The molecule has 0 aliphatic rings. The van der Waals surface area contributed by atoms with E-state index in [9.17, 15) is 4.79 Å². The lowest BCUT2D eigenvalue weighted by atomic mass is 9.99. The summed E-state index contributed by atoms with van der Waals surface area (Å²) in [7, 11) is 0. The molecule has 1 aromatic carbocycles. The van der Waals surface area contributed by atoms with Crippen LogP contribution in [0.3, 0.4) is 0 Å². The maximum Gasteiger partial charge on any atom is 0.407 e. The highest BCUT2D eigenvalue weighted by Crippen LogP contribution is 2.20. The first-order chi connectivity index (χ1) is 10.3. The standard InChI is InChI=1S/C18H30N2O2/c1-6-14(2)15-8-10-16(11-9-15)19-12-7-13-20-17(21)22-18(3,4)5/h8-11,14,19H,6-7,12-13H2,1-5H3,(H,20,21). The molecule has 1 amide bonds. The summed E-state index contributed by atoms with van der Waals surface area (Å²) in [6.07, 6.45) is 1.65. The average molecular weight is 306 g/mol. The number of alkyl carbamates (subject to hydrolysis) is 1. The van der Waals surface area contributed by atoms with Gasteiger partial charge in [0, 0.05) is 18.8 Å². The number of anilines is 1. The second-order valence-corrected chi connectivity index (χ2v) is 6.64. The second-order valence-electron chi connectivity index (χ2n) is 6.64. The Hall–Kier alpha value is -1.71. The molecule has 0 bridgehead atoms. The van der Waals surface area contributed by atoms with Crippen LogP contribution in [0.1, 0.15) is 58.9 Å². The van der Waals surface area contributed by atoms with E-state index < -0.39 is 5.60 Å². The van der Waals surface area contributed by atoms with E-state index in [4.69, 9.17) is 4.74 Å². The van der Waals surface area contributed by atoms with Gasteiger partial charge in [-0.2, -0.15) is 0 Å². The summed E-state index contributed by atoms with van der Waals surface area (Å²) in [6, 6.07) is 8.58. The Morgan fingerprint density at radius 3 is 2.36 bits per heavy atom. The van der Waals surface area contributed by atoms with E-state index in [0.717, 1.165) is 25.1 Å². The highest BCUT2D eigenvalue weighted by atomic mass is 16.6. The normalized spacial score (nSPS) is 12.6. The Labute approximate surface area is 134 Å². The number of nitrogens with one attached hydrogen (secondary N) is 2. The van der Waals surface area contributed by atoms with Crippen molar-refractivity contribution >= 4 is 11.8 Å². The lowest BCUT2D eigenvalue weighted by Crippen LogP contribution is -2.33. The summed E-state index contributed by atoms with van der Waals surface area (Å²) in [4.78, 5) is 11.5. The van der Waals surface area contributed by atoms with E-state index in [1.807, 2.05) is 20.8 Å². The Kier molecular flexibility index (Phi) is 7.22. The van der Waals surface area contributed by atoms with Gasteiger partial charge in [0.05, 0.1) is 0 Å². The van der Waals surface area contributed by atoms with Crippen molar-refractivity contribution in [2.24, 2.45) is 0 Å². The third-order valence-corrected chi connectivity index (χ3v) is 3.44. The molecular weight excluding hydrogens is 276 g/mol. The highest BCUT2D eigenvalue weighted by molar-refractivity contribution is 5.67. The van der Waals surface area contributed by atoms with Crippen LogP contribution in [0, 0.1) is 0 Å². The second kappa shape index (κ2) is 8.66. The van der Waals surface area contributed by atoms with Crippen LogP contribution < -0.4 is 10.6 Å². The number of ether oxygens (including phenoxy) is 1. The van der Waals surface area contributed by atoms with Crippen molar-refractivity contribution in [3.63, 3.8) is 0 Å². The van der Waals surface area contributed by atoms with Crippen molar-refractivity contribution in [2.75, 3.05) is 18.4 Å². The van der Waals surface area contributed by atoms with Crippen LogP contribution in [0.5, 0.6) is 0 Å². The first kappa shape index (κ1) is 18.3. The van der Waals surface area contributed by atoms with E-state index in [2.05, 4.69) is 48.7 Å². The van der Waals surface area contributed by atoms with E-state index in [1.165, 1.54) is 5.56 Å². The predicted molar refractivity (Wildman–Crippen MR) is 92.5 cm³/mol. The van der Waals surface area contributed by atoms with Gasteiger partial charge in [0.15, 0.2) is 0 Å². The van der Waals surface area contributed by atoms with E-state index >= 15 is 0 Å². The van der Waals surface area contributed by atoms with Crippen molar-refractivity contribution in [1.29, 1.82) is 0 Å². The van der Waals surface area contributed by atoms with Crippen molar-refractivity contribution < 1.29 is 9.53 Å². The summed E-state index contributed by atoms with van der Waals surface area (Å²) < 4.78 is 5.18. The molecule has 0 saturated carbocycles. The molecule has 4 nitrogen and oxygen atoms in total. The van der Waals surface area contributed by atoms with Gasteiger partial charge < -0.3 is 15.4 Å². The molecule has 0 aromatic heterocycles. The van der Waals surface area contributed by atoms with Crippen molar-refractivity contribution in [2.45, 2.75) is 59.0 Å². The fourth-order valence-electron chi connectivity index (χ4n) is 1.99. The molecule has 0 aliphatic carbocycles. The summed E-state index contributed by atoms with van der Waals surface area (Å²) >= 11 is 0. The van der Waals surface area contributed by atoms with Crippen LogP contribution >= 0.6 is 0 Å². The zero-order chi connectivity index (χ0) is 16.6. The van der Waals surface area contributed by atoms with Crippen LogP contribution in [0.25, 0.3) is 0 Å². The van der Waals surface area contributed by atoms with Gasteiger partial charge >= 0.3 is 6.09 Å². The average Bonchev–Trinajstić information content (AvgIpc) is 2.45. The smallest absolute Gasteiger partial charge is 0.407 e. The number of carbonyl (C=O) groups is 1. The van der Waals surface area contributed by atoms with Crippen LogP contribution in [0.15, 0.2) is 24.3 Å². The Morgan fingerprint density at radius 2 is 1.82 bits per heavy atom. The van der Waals surface area contributed by atoms with Gasteiger partial charge in [-0.15, -0.1) is 0 Å². The van der Waals surface area contributed by atoms with Crippen molar-refractivity contribution in [3.8, 4) is 0 Å². The number of hydrogen-bond acceptors (Lipinski definition) is 3. The van der Waals surface area contributed by atoms with Crippen LogP contribution in [-0.2, 0) is 4.74 Å². The minimum atomic E-state index is -0.445. The van der Waals surface area contributed by atoms with E-state index in [0.29, 0.717) is 12.5 Å². The number of rotatable bonds is 7. The molecule has 0 fully saturated rings. The molecule has 1 atom stereocenters. The SMILES string of the molecule is CCC(C)c1ccc(NCCCNC(=O)OC(C)(C)C)cc1. The maximum atomic E-state index is 11.5. The van der Waals surface area contributed by atoms with Crippen LogP contribution in [-0.4, -0.2) is 24.8 Å².